The van der Waals surface area contributed by atoms with Gasteiger partial charge in [-0.3, -0.25) is 19.3 Å². The van der Waals surface area contributed by atoms with Crippen molar-refractivity contribution in [3.63, 3.8) is 0 Å². The highest BCUT2D eigenvalue weighted by Gasteiger charge is 2.79. The number of nitrogens with zero attached hydrogens (tertiary/aromatic N) is 2. The lowest BCUT2D eigenvalue weighted by atomic mass is 9.65. The van der Waals surface area contributed by atoms with E-state index < -0.39 is 35.1 Å². The van der Waals surface area contributed by atoms with Crippen molar-refractivity contribution in [3.8, 4) is 0 Å². The van der Waals surface area contributed by atoms with Gasteiger partial charge in [0.1, 0.15) is 11.6 Å². The molecule has 6 atom stereocenters. The van der Waals surface area contributed by atoms with E-state index in [9.17, 15) is 19.5 Å². The monoisotopic (exact) mass is 542 g/mol. The highest BCUT2D eigenvalue weighted by Crippen LogP contribution is 2.64. The summed E-state index contributed by atoms with van der Waals surface area (Å²) in [5.41, 5.74) is -0.910. The van der Waals surface area contributed by atoms with Gasteiger partial charge in [0.15, 0.2) is 0 Å². The zero-order chi connectivity index (χ0) is 27.6. The highest BCUT2D eigenvalue weighted by molar-refractivity contribution is 5.99. The number of aliphatic hydroxyl groups is 1. The minimum Gasteiger partial charge on any atom is -0.394 e. The van der Waals surface area contributed by atoms with Crippen LogP contribution in [-0.2, 0) is 30.4 Å². The summed E-state index contributed by atoms with van der Waals surface area (Å²) in [5.74, 6) is -2.22. The van der Waals surface area contributed by atoms with Gasteiger partial charge in [-0.05, 0) is 31.2 Å². The number of nitrogens with one attached hydrogen (secondary N) is 2. The average molecular weight is 543 g/mol. The SMILES string of the molecule is CC[C@@H](CO)N1C(=O)[C@@H]2[C@@H](C(=O)NCc3ccccc3)[C@@]3(CC)CCC2(O3)C1C(=O)NCCN1CCOCC1. The van der Waals surface area contributed by atoms with Gasteiger partial charge >= 0.3 is 0 Å². The molecule has 2 bridgehead atoms. The Balaban J connectivity index is 1.40. The van der Waals surface area contributed by atoms with E-state index >= 15 is 0 Å². The van der Waals surface area contributed by atoms with Gasteiger partial charge in [0.05, 0.1) is 43.3 Å². The summed E-state index contributed by atoms with van der Waals surface area (Å²) in [5, 5.41) is 16.3. The van der Waals surface area contributed by atoms with E-state index in [4.69, 9.17) is 9.47 Å². The molecule has 0 aromatic heterocycles. The van der Waals surface area contributed by atoms with Crippen LogP contribution in [0.1, 0.15) is 45.1 Å². The lowest BCUT2D eigenvalue weighted by molar-refractivity contribution is -0.151. The molecule has 4 fully saturated rings. The topological polar surface area (TPSA) is 120 Å². The fourth-order valence-corrected chi connectivity index (χ4v) is 7.31. The summed E-state index contributed by atoms with van der Waals surface area (Å²) in [6, 6.07) is 8.24. The molecule has 4 aliphatic heterocycles. The number of likely N-dealkylation sites (tertiary alicyclic amines) is 1. The fraction of sp³-hybridized carbons (Fsp3) is 0.690. The first-order valence-corrected chi connectivity index (χ1v) is 14.4. The second kappa shape index (κ2) is 11.5. The number of amides is 3. The fourth-order valence-electron chi connectivity index (χ4n) is 7.31. The molecule has 3 amide bonds. The molecule has 10 nitrogen and oxygen atoms in total. The number of hydrogen-bond acceptors (Lipinski definition) is 7. The third-order valence-corrected chi connectivity index (χ3v) is 9.37. The highest BCUT2D eigenvalue weighted by atomic mass is 16.5. The maximum absolute atomic E-state index is 14.2. The molecule has 4 saturated heterocycles. The molecule has 0 saturated carbocycles. The van der Waals surface area contributed by atoms with Crippen molar-refractivity contribution in [2.75, 3.05) is 46.0 Å². The van der Waals surface area contributed by atoms with Crippen molar-refractivity contribution in [1.29, 1.82) is 0 Å². The quantitative estimate of drug-likeness (QED) is 0.376. The summed E-state index contributed by atoms with van der Waals surface area (Å²) in [4.78, 5) is 45.6. The van der Waals surface area contributed by atoms with E-state index in [2.05, 4.69) is 15.5 Å². The largest absolute Gasteiger partial charge is 0.394 e. The minimum atomic E-state index is -1.09. The molecule has 3 N–H and O–H groups in total. The normalized spacial score (nSPS) is 32.7. The van der Waals surface area contributed by atoms with Crippen LogP contribution in [0.3, 0.4) is 0 Å². The number of carbonyl (C=O) groups is 3. The predicted octanol–water partition coefficient (Wildman–Crippen LogP) is 0.677. The van der Waals surface area contributed by atoms with E-state index in [1.54, 1.807) is 0 Å². The Labute approximate surface area is 230 Å². The second-order valence-corrected chi connectivity index (χ2v) is 11.3. The van der Waals surface area contributed by atoms with Gasteiger partial charge in [-0.1, -0.05) is 44.2 Å². The summed E-state index contributed by atoms with van der Waals surface area (Å²) >= 11 is 0. The molecule has 4 aliphatic rings. The number of fused-ring (bicyclic) bond motifs is 1. The summed E-state index contributed by atoms with van der Waals surface area (Å²) < 4.78 is 12.2. The minimum absolute atomic E-state index is 0.217. The first-order chi connectivity index (χ1) is 18.9. The van der Waals surface area contributed by atoms with Crippen LogP contribution in [0.2, 0.25) is 0 Å². The van der Waals surface area contributed by atoms with Gasteiger partial charge in [-0.15, -0.1) is 0 Å². The molecule has 1 aromatic carbocycles. The number of benzene rings is 1. The third-order valence-electron chi connectivity index (χ3n) is 9.37. The first kappa shape index (κ1) is 28.0. The Morgan fingerprint density at radius 1 is 1.10 bits per heavy atom. The van der Waals surface area contributed by atoms with Gasteiger partial charge in [0, 0.05) is 32.7 Å². The lowest BCUT2D eigenvalue weighted by Gasteiger charge is -2.37. The average Bonchev–Trinajstić information content (AvgIpc) is 3.57. The molecule has 4 heterocycles. The van der Waals surface area contributed by atoms with Gasteiger partial charge in [-0.2, -0.15) is 0 Å². The van der Waals surface area contributed by atoms with Gasteiger partial charge in [0.25, 0.3) is 0 Å². The molecule has 1 aromatic rings. The van der Waals surface area contributed by atoms with E-state index in [0.717, 1.165) is 18.7 Å². The van der Waals surface area contributed by atoms with Crippen LogP contribution >= 0.6 is 0 Å². The Hall–Kier alpha value is -2.53. The third kappa shape index (κ3) is 4.85. The van der Waals surface area contributed by atoms with Gasteiger partial charge in [-0.25, -0.2) is 0 Å². The zero-order valence-electron chi connectivity index (χ0n) is 23.1. The van der Waals surface area contributed by atoms with Crippen molar-refractivity contribution in [2.24, 2.45) is 11.8 Å². The second-order valence-electron chi connectivity index (χ2n) is 11.3. The summed E-state index contributed by atoms with van der Waals surface area (Å²) in [7, 11) is 0. The van der Waals surface area contributed by atoms with Crippen molar-refractivity contribution in [3.05, 3.63) is 35.9 Å². The van der Waals surface area contributed by atoms with Crippen molar-refractivity contribution >= 4 is 17.7 Å². The van der Waals surface area contributed by atoms with Crippen molar-refractivity contribution in [1.82, 2.24) is 20.4 Å². The number of ether oxygens (including phenoxy) is 2. The molecule has 39 heavy (non-hydrogen) atoms. The van der Waals surface area contributed by atoms with E-state index in [1.807, 2.05) is 44.2 Å². The van der Waals surface area contributed by atoms with Crippen LogP contribution < -0.4 is 10.6 Å². The van der Waals surface area contributed by atoms with Crippen LogP contribution in [0, 0.1) is 11.8 Å². The van der Waals surface area contributed by atoms with Crippen molar-refractivity contribution in [2.45, 2.75) is 69.4 Å². The van der Waals surface area contributed by atoms with Gasteiger partial charge < -0.3 is 30.1 Å². The molecular weight excluding hydrogens is 500 g/mol. The number of carbonyl (C=O) groups excluding carboxylic acids is 3. The Bertz CT molecular complexity index is 1050. The first-order valence-electron chi connectivity index (χ1n) is 14.4. The number of rotatable bonds is 11. The van der Waals surface area contributed by atoms with Crippen LogP contribution in [0.4, 0.5) is 0 Å². The Morgan fingerprint density at radius 3 is 2.51 bits per heavy atom. The number of aliphatic hydroxyl groups excluding tert-OH is 1. The zero-order valence-corrected chi connectivity index (χ0v) is 23.1. The van der Waals surface area contributed by atoms with Gasteiger partial charge in [0.2, 0.25) is 17.7 Å². The van der Waals surface area contributed by atoms with E-state index in [0.29, 0.717) is 58.5 Å². The molecule has 5 rings (SSSR count). The molecule has 0 radical (unpaired) electrons. The lowest BCUT2D eigenvalue weighted by Crippen LogP contribution is -2.58. The van der Waals surface area contributed by atoms with E-state index in [-0.39, 0.29) is 24.3 Å². The number of hydrogen-bond donors (Lipinski definition) is 3. The Kier molecular flexibility index (Phi) is 8.28. The summed E-state index contributed by atoms with van der Waals surface area (Å²) in [6.45, 7) is 8.10. The maximum Gasteiger partial charge on any atom is 0.245 e. The van der Waals surface area contributed by atoms with Crippen LogP contribution in [0.5, 0.6) is 0 Å². The van der Waals surface area contributed by atoms with Crippen molar-refractivity contribution < 1.29 is 29.0 Å². The molecule has 214 valence electrons. The number of morpholine rings is 1. The molecule has 10 heteroatoms. The smallest absolute Gasteiger partial charge is 0.245 e. The van der Waals surface area contributed by atoms with Crippen LogP contribution in [0.15, 0.2) is 30.3 Å². The van der Waals surface area contributed by atoms with Crippen LogP contribution in [0.25, 0.3) is 0 Å². The predicted molar refractivity (Wildman–Crippen MR) is 143 cm³/mol. The maximum atomic E-state index is 14.2. The molecule has 0 aliphatic carbocycles. The Morgan fingerprint density at radius 2 is 1.85 bits per heavy atom. The van der Waals surface area contributed by atoms with Crippen LogP contribution in [-0.4, -0.2) is 102 Å². The molecule has 2 unspecified atom stereocenters. The van der Waals surface area contributed by atoms with E-state index in [1.165, 1.54) is 4.90 Å². The standard InChI is InChI=1S/C29H42N4O6/c1-3-21(19-34)33-24(26(36)30-12-13-32-14-16-38-17-15-32)29-11-10-28(4-2,39-29)22(23(29)27(33)37)25(35)31-18-20-8-6-5-7-9-20/h5-9,21-24,34H,3-4,10-19H2,1-2H3,(H,30,36)(H,31,35)/t21-,22-,23-,24?,28+,29?/m0/s1. The summed E-state index contributed by atoms with van der Waals surface area (Å²) in [6.07, 6.45) is 2.20. The molecular formula is C29H42N4O6. The molecule has 1 spiro atoms.